The van der Waals surface area contributed by atoms with Crippen molar-refractivity contribution in [2.75, 3.05) is 19.4 Å². The Morgan fingerprint density at radius 1 is 1.05 bits per heavy atom. The van der Waals surface area contributed by atoms with E-state index in [1.807, 2.05) is 27.7 Å². The molecule has 0 saturated carbocycles. The molecule has 0 aliphatic carbocycles. The van der Waals surface area contributed by atoms with Crippen molar-refractivity contribution >= 4 is 13.4 Å². The molecule has 2 atom stereocenters. The first-order valence-electron chi connectivity index (χ1n) is 7.14. The first kappa shape index (κ1) is 19.8. The molecule has 0 amide bonds. The van der Waals surface area contributed by atoms with Crippen LogP contribution >= 0.6 is 7.60 Å². The third-order valence-corrected chi connectivity index (χ3v) is 4.66. The molecule has 0 saturated heterocycles. The molecule has 0 unspecified atom stereocenters. The van der Waals surface area contributed by atoms with E-state index in [0.717, 1.165) is 0 Å². The van der Waals surface area contributed by atoms with Crippen molar-refractivity contribution in [3.63, 3.8) is 0 Å². The number of hydrogen-bond acceptors (Lipinski definition) is 5. The number of hydrogen-bond donors (Lipinski definition) is 1. The molecule has 0 aliphatic heterocycles. The zero-order valence-electron chi connectivity index (χ0n) is 13.5. The summed E-state index contributed by atoms with van der Waals surface area (Å²) in [6.07, 6.45) is -0.939. The van der Waals surface area contributed by atoms with Gasteiger partial charge in [-0.25, -0.2) is 0 Å². The van der Waals surface area contributed by atoms with E-state index in [0.29, 0.717) is 13.2 Å². The first-order chi connectivity index (χ1) is 9.07. The van der Waals surface area contributed by atoms with Crippen molar-refractivity contribution in [3.05, 3.63) is 0 Å². The van der Waals surface area contributed by atoms with Gasteiger partial charge < -0.3 is 14.2 Å². The van der Waals surface area contributed by atoms with Gasteiger partial charge in [0.2, 0.25) is 0 Å². The van der Waals surface area contributed by atoms with Crippen LogP contribution in [0, 0.1) is 17.8 Å². The first-order valence-corrected chi connectivity index (χ1v) is 8.87. The van der Waals surface area contributed by atoms with Crippen LogP contribution in [0.5, 0.6) is 0 Å². The summed E-state index contributed by atoms with van der Waals surface area (Å²) in [7, 11) is -3.37. The van der Waals surface area contributed by atoms with Gasteiger partial charge in [0.15, 0.2) is 0 Å². The Kier molecular flexibility index (Phi) is 8.83. The van der Waals surface area contributed by atoms with Crippen LogP contribution in [-0.2, 0) is 18.4 Å². The molecule has 0 aliphatic rings. The van der Waals surface area contributed by atoms with Crippen molar-refractivity contribution < 1.29 is 23.5 Å². The zero-order chi connectivity index (χ0) is 15.9. The van der Waals surface area contributed by atoms with Gasteiger partial charge in [-0.1, -0.05) is 27.7 Å². The summed E-state index contributed by atoms with van der Waals surface area (Å²) in [4.78, 5) is 11.5. The molecule has 0 heterocycles. The largest absolute Gasteiger partial charge is 0.393 e. The lowest BCUT2D eigenvalue weighted by Crippen LogP contribution is -2.28. The third kappa shape index (κ3) is 8.15. The minimum atomic E-state index is -3.37. The summed E-state index contributed by atoms with van der Waals surface area (Å²) >= 11 is 0. The summed E-state index contributed by atoms with van der Waals surface area (Å²) in [5.41, 5.74) is 0. The monoisotopic (exact) mass is 308 g/mol. The van der Waals surface area contributed by atoms with Gasteiger partial charge in [-0.2, -0.15) is 0 Å². The molecule has 0 radical (unpaired) electrons. The maximum Gasteiger partial charge on any atom is 0.331 e. The second-order valence-electron chi connectivity index (χ2n) is 6.13. The van der Waals surface area contributed by atoms with Crippen LogP contribution in [0.25, 0.3) is 0 Å². The predicted molar refractivity (Wildman–Crippen MR) is 79.9 cm³/mol. The van der Waals surface area contributed by atoms with Crippen LogP contribution in [0.3, 0.4) is 0 Å². The summed E-state index contributed by atoms with van der Waals surface area (Å²) < 4.78 is 23.6. The van der Waals surface area contributed by atoms with Gasteiger partial charge in [0.1, 0.15) is 5.78 Å². The Hall–Kier alpha value is -0.220. The van der Waals surface area contributed by atoms with Crippen LogP contribution in [0.1, 0.15) is 41.5 Å². The highest BCUT2D eigenvalue weighted by molar-refractivity contribution is 7.53. The molecule has 120 valence electrons. The summed E-state index contributed by atoms with van der Waals surface area (Å²) in [6, 6.07) is 0. The van der Waals surface area contributed by atoms with Gasteiger partial charge in [0, 0.05) is 0 Å². The van der Waals surface area contributed by atoms with Crippen LogP contribution in [0.15, 0.2) is 0 Å². The molecular weight excluding hydrogens is 279 g/mol. The molecule has 0 fully saturated rings. The van der Waals surface area contributed by atoms with Gasteiger partial charge in [-0.15, -0.1) is 0 Å². The van der Waals surface area contributed by atoms with Crippen molar-refractivity contribution in [1.82, 2.24) is 0 Å². The third-order valence-electron chi connectivity index (χ3n) is 2.73. The van der Waals surface area contributed by atoms with Gasteiger partial charge in [-0.3, -0.25) is 9.36 Å². The molecule has 0 spiro atoms. The van der Waals surface area contributed by atoms with Crippen LogP contribution in [0.2, 0.25) is 0 Å². The van der Waals surface area contributed by atoms with E-state index in [1.165, 1.54) is 13.8 Å². The minimum Gasteiger partial charge on any atom is -0.393 e. The lowest BCUT2D eigenvalue weighted by molar-refractivity contribution is -0.123. The molecule has 0 aromatic rings. The summed E-state index contributed by atoms with van der Waals surface area (Å²) in [6.45, 7) is 11.3. The molecular formula is C14H29O5P. The van der Waals surface area contributed by atoms with Gasteiger partial charge in [0.05, 0.1) is 31.4 Å². The molecule has 1 N–H and O–H groups in total. The number of Topliss-reactive ketones (excluding diaryl/α,β-unsaturated/α-hetero) is 1. The van der Waals surface area contributed by atoms with Crippen molar-refractivity contribution in [2.45, 2.75) is 47.6 Å². The van der Waals surface area contributed by atoms with Gasteiger partial charge in [0.25, 0.3) is 0 Å². The van der Waals surface area contributed by atoms with E-state index >= 15 is 0 Å². The fourth-order valence-corrected chi connectivity index (χ4v) is 3.91. The van der Waals surface area contributed by atoms with Crippen LogP contribution < -0.4 is 0 Å². The Labute approximate surface area is 122 Å². The molecule has 0 rings (SSSR count). The lowest BCUT2D eigenvalue weighted by Gasteiger charge is -2.25. The van der Waals surface area contributed by atoms with Crippen LogP contribution in [0.4, 0.5) is 0 Å². The second kappa shape index (κ2) is 8.93. The standard InChI is InChI=1S/C14H29O5P/c1-10(2)7-18-20(17,19-8-11(3)4)9-14(12(5)15)13(6)16/h10-12,14-15H,7-9H2,1-6H3/t12-,14-/m1/s1. The number of rotatable bonds is 10. The highest BCUT2D eigenvalue weighted by atomic mass is 31.2. The average Bonchev–Trinajstić information content (AvgIpc) is 2.30. The van der Waals surface area contributed by atoms with E-state index in [1.54, 1.807) is 0 Å². The zero-order valence-corrected chi connectivity index (χ0v) is 14.4. The normalized spacial score (nSPS) is 15.7. The highest BCUT2D eigenvalue weighted by Gasteiger charge is 2.34. The van der Waals surface area contributed by atoms with Crippen molar-refractivity contribution in [1.29, 1.82) is 0 Å². The number of carbonyl (C=O) groups excluding carboxylic acids is 1. The van der Waals surface area contributed by atoms with Crippen LogP contribution in [-0.4, -0.2) is 36.4 Å². The average molecular weight is 308 g/mol. The van der Waals surface area contributed by atoms with Gasteiger partial charge in [-0.05, 0) is 25.7 Å². The lowest BCUT2D eigenvalue weighted by atomic mass is 10.0. The van der Waals surface area contributed by atoms with E-state index in [9.17, 15) is 14.5 Å². The Balaban J connectivity index is 4.89. The second-order valence-corrected chi connectivity index (χ2v) is 8.23. The van der Waals surface area contributed by atoms with Gasteiger partial charge >= 0.3 is 7.60 Å². The van der Waals surface area contributed by atoms with E-state index in [2.05, 4.69) is 0 Å². The Morgan fingerprint density at radius 3 is 1.70 bits per heavy atom. The maximum absolute atomic E-state index is 12.7. The molecule has 20 heavy (non-hydrogen) atoms. The summed E-state index contributed by atoms with van der Waals surface area (Å²) in [5, 5.41) is 9.65. The van der Waals surface area contributed by atoms with E-state index < -0.39 is 19.6 Å². The number of aliphatic hydroxyl groups is 1. The van der Waals surface area contributed by atoms with Crippen molar-refractivity contribution in [3.8, 4) is 0 Å². The molecule has 6 heteroatoms. The maximum atomic E-state index is 12.7. The van der Waals surface area contributed by atoms with Crippen molar-refractivity contribution in [2.24, 2.45) is 17.8 Å². The Bertz CT molecular complexity index is 322. The van der Waals surface area contributed by atoms with E-state index in [4.69, 9.17) is 9.05 Å². The topological polar surface area (TPSA) is 72.8 Å². The fraction of sp³-hybridized carbons (Fsp3) is 0.929. The number of aliphatic hydroxyl groups excluding tert-OH is 1. The fourth-order valence-electron chi connectivity index (χ4n) is 1.53. The molecule has 0 aromatic heterocycles. The summed E-state index contributed by atoms with van der Waals surface area (Å²) in [5.74, 6) is -0.497. The Morgan fingerprint density at radius 2 is 1.45 bits per heavy atom. The van der Waals surface area contributed by atoms with E-state index in [-0.39, 0.29) is 23.8 Å². The highest BCUT2D eigenvalue weighted by Crippen LogP contribution is 2.51. The molecule has 0 aromatic carbocycles. The SMILES string of the molecule is CC(=O)[C@H](CP(=O)(OCC(C)C)OCC(C)C)[C@@H](C)O. The molecule has 5 nitrogen and oxygen atoms in total. The number of carbonyl (C=O) groups is 1. The minimum absolute atomic E-state index is 0.0700. The predicted octanol–water partition coefficient (Wildman–Crippen LogP) is 3.11. The quantitative estimate of drug-likeness (QED) is 0.628. The number of ketones is 1. The molecule has 0 bridgehead atoms. The smallest absolute Gasteiger partial charge is 0.331 e.